The van der Waals surface area contributed by atoms with Crippen molar-refractivity contribution in [3.63, 3.8) is 0 Å². The first-order valence-electron chi connectivity index (χ1n) is 10.0. The fourth-order valence-corrected chi connectivity index (χ4v) is 6.42. The van der Waals surface area contributed by atoms with E-state index >= 15 is 0 Å². The topological polar surface area (TPSA) is 89.0 Å². The number of thioether (sulfide) groups is 2. The van der Waals surface area contributed by atoms with Crippen molar-refractivity contribution in [1.82, 2.24) is 20.1 Å². The van der Waals surface area contributed by atoms with Crippen molar-refractivity contribution in [2.75, 3.05) is 29.5 Å². The number of aromatic amines is 1. The quantitative estimate of drug-likeness (QED) is 0.655. The van der Waals surface area contributed by atoms with E-state index in [4.69, 9.17) is 5.41 Å². The SMILES string of the molecule is CC1(N2CCSCC2)C=CC(c2[nH]ncc2/C=C2\SC(=N)N(c3nccs3)C2=O)=CC1. The third-order valence-electron chi connectivity index (χ3n) is 5.77. The van der Waals surface area contributed by atoms with Gasteiger partial charge in [0.15, 0.2) is 10.3 Å². The lowest BCUT2D eigenvalue weighted by atomic mass is 9.87. The summed E-state index contributed by atoms with van der Waals surface area (Å²) in [5.41, 5.74) is 2.87. The molecule has 10 heteroatoms. The predicted octanol–water partition coefficient (Wildman–Crippen LogP) is 4.07. The van der Waals surface area contributed by atoms with E-state index in [1.54, 1.807) is 17.8 Å². The van der Waals surface area contributed by atoms with Crippen LogP contribution in [0.15, 0.2) is 40.9 Å². The number of nitrogens with zero attached hydrogens (tertiary/aromatic N) is 4. The average Bonchev–Trinajstić information content (AvgIpc) is 3.52. The van der Waals surface area contributed by atoms with Crippen molar-refractivity contribution >= 4 is 62.7 Å². The molecule has 1 amide bonds. The summed E-state index contributed by atoms with van der Waals surface area (Å²) in [4.78, 5) is 21.5. The molecule has 160 valence electrons. The lowest BCUT2D eigenvalue weighted by Crippen LogP contribution is -2.49. The van der Waals surface area contributed by atoms with Gasteiger partial charge in [-0.3, -0.25) is 20.2 Å². The maximum atomic E-state index is 12.9. The van der Waals surface area contributed by atoms with Crippen LogP contribution in [0, 0.1) is 5.41 Å². The Labute approximate surface area is 193 Å². The van der Waals surface area contributed by atoms with Crippen LogP contribution in [0.5, 0.6) is 0 Å². The van der Waals surface area contributed by atoms with E-state index in [1.165, 1.54) is 27.7 Å². The van der Waals surface area contributed by atoms with Gasteiger partial charge in [0.2, 0.25) is 0 Å². The van der Waals surface area contributed by atoms with Gasteiger partial charge in [-0.25, -0.2) is 9.88 Å². The van der Waals surface area contributed by atoms with Crippen molar-refractivity contribution in [1.29, 1.82) is 5.41 Å². The number of amides is 1. The molecule has 0 spiro atoms. The Morgan fingerprint density at radius 2 is 2.16 bits per heavy atom. The van der Waals surface area contributed by atoms with Gasteiger partial charge in [-0.05, 0) is 36.8 Å². The molecule has 2 fully saturated rings. The van der Waals surface area contributed by atoms with Gasteiger partial charge in [-0.15, -0.1) is 11.3 Å². The summed E-state index contributed by atoms with van der Waals surface area (Å²) >= 11 is 4.52. The molecule has 1 aliphatic carbocycles. The molecule has 2 aromatic heterocycles. The summed E-state index contributed by atoms with van der Waals surface area (Å²) in [6.07, 6.45) is 12.8. The number of thiazole rings is 1. The van der Waals surface area contributed by atoms with E-state index in [0.717, 1.165) is 48.1 Å². The van der Waals surface area contributed by atoms with Crippen LogP contribution in [0.25, 0.3) is 11.6 Å². The predicted molar refractivity (Wildman–Crippen MR) is 131 cm³/mol. The number of allylic oxidation sites excluding steroid dienone is 2. The molecule has 1 atom stereocenters. The van der Waals surface area contributed by atoms with E-state index in [-0.39, 0.29) is 16.6 Å². The van der Waals surface area contributed by atoms with Gasteiger partial charge >= 0.3 is 0 Å². The molecule has 2 N–H and O–H groups in total. The first-order valence-corrected chi connectivity index (χ1v) is 12.9. The van der Waals surface area contributed by atoms with Gasteiger partial charge in [0.25, 0.3) is 5.91 Å². The molecule has 2 saturated heterocycles. The van der Waals surface area contributed by atoms with Gasteiger partial charge in [0, 0.05) is 47.3 Å². The molecule has 7 nitrogen and oxygen atoms in total. The fraction of sp³-hybridized carbons (Fsp3) is 0.333. The number of aromatic nitrogens is 3. The van der Waals surface area contributed by atoms with Gasteiger partial charge in [-0.1, -0.05) is 18.2 Å². The first kappa shape index (κ1) is 20.7. The Morgan fingerprint density at radius 1 is 1.32 bits per heavy atom. The van der Waals surface area contributed by atoms with Crippen LogP contribution in [0.2, 0.25) is 0 Å². The Balaban J connectivity index is 1.37. The number of hydrogen-bond donors (Lipinski definition) is 2. The molecule has 3 aliphatic rings. The normalized spacial score (nSPS) is 26.2. The highest BCUT2D eigenvalue weighted by atomic mass is 32.2. The van der Waals surface area contributed by atoms with Gasteiger partial charge in [-0.2, -0.15) is 16.9 Å². The lowest BCUT2D eigenvalue weighted by Gasteiger charge is -2.42. The smallest absolute Gasteiger partial charge is 0.273 e. The van der Waals surface area contributed by atoms with Crippen LogP contribution in [0.4, 0.5) is 5.13 Å². The van der Waals surface area contributed by atoms with Crippen LogP contribution in [-0.4, -0.2) is 61.3 Å². The van der Waals surface area contributed by atoms with Crippen LogP contribution < -0.4 is 4.90 Å². The van der Waals surface area contributed by atoms with Crippen LogP contribution >= 0.6 is 34.9 Å². The molecule has 0 saturated carbocycles. The maximum Gasteiger partial charge on any atom is 0.273 e. The minimum atomic E-state index is -0.221. The van der Waals surface area contributed by atoms with Crippen LogP contribution in [0.1, 0.15) is 24.6 Å². The Morgan fingerprint density at radius 3 is 2.87 bits per heavy atom. The Hall–Kier alpha value is -2.14. The number of rotatable bonds is 4. The third kappa shape index (κ3) is 3.93. The second-order valence-corrected chi connectivity index (χ2v) is 10.9. The number of anilines is 1. The van der Waals surface area contributed by atoms with E-state index in [2.05, 4.69) is 45.2 Å². The molecule has 1 unspecified atom stereocenters. The van der Waals surface area contributed by atoms with Gasteiger partial charge in [0.1, 0.15) is 0 Å². The van der Waals surface area contributed by atoms with Gasteiger partial charge < -0.3 is 0 Å². The molecule has 31 heavy (non-hydrogen) atoms. The number of carbonyl (C=O) groups excluding carboxylic acids is 1. The number of hydrogen-bond acceptors (Lipinski definition) is 8. The average molecular weight is 471 g/mol. The highest BCUT2D eigenvalue weighted by molar-refractivity contribution is 8.19. The van der Waals surface area contributed by atoms with E-state index in [9.17, 15) is 4.79 Å². The molecule has 4 heterocycles. The zero-order chi connectivity index (χ0) is 21.4. The minimum absolute atomic E-state index is 0.0453. The van der Waals surface area contributed by atoms with Crippen molar-refractivity contribution in [2.24, 2.45) is 0 Å². The van der Waals surface area contributed by atoms with Crippen molar-refractivity contribution in [3.8, 4) is 0 Å². The number of nitrogens with one attached hydrogen (secondary N) is 2. The van der Waals surface area contributed by atoms with Crippen molar-refractivity contribution in [2.45, 2.75) is 18.9 Å². The van der Waals surface area contributed by atoms with Crippen molar-refractivity contribution in [3.05, 3.63) is 52.2 Å². The second-order valence-electron chi connectivity index (χ2n) is 7.72. The standard InChI is InChI=1S/C21H22N6OS3/c1-21(26-7-10-29-11-8-26)4-2-14(3-5-21)17-15(13-24-25-17)12-16-18(28)27(19(22)31-16)20-23-6-9-30-20/h2-4,6,9,12-13,22H,5,7-8,10-11H2,1H3,(H,24,25)/b16-12-,22-19?. The van der Waals surface area contributed by atoms with Crippen LogP contribution in [-0.2, 0) is 4.79 Å². The lowest BCUT2D eigenvalue weighted by molar-refractivity contribution is -0.113. The van der Waals surface area contributed by atoms with Crippen molar-refractivity contribution < 1.29 is 4.79 Å². The number of carbonyl (C=O) groups is 1. The monoisotopic (exact) mass is 470 g/mol. The largest absolute Gasteiger partial charge is 0.293 e. The van der Waals surface area contributed by atoms with E-state index in [0.29, 0.717) is 10.0 Å². The summed E-state index contributed by atoms with van der Waals surface area (Å²) in [7, 11) is 0. The zero-order valence-electron chi connectivity index (χ0n) is 17.0. The summed E-state index contributed by atoms with van der Waals surface area (Å²) in [6, 6.07) is 0. The molecule has 0 bridgehead atoms. The molecule has 2 aliphatic heterocycles. The van der Waals surface area contributed by atoms with E-state index in [1.807, 2.05) is 17.8 Å². The van der Waals surface area contributed by atoms with E-state index < -0.39 is 0 Å². The first-order chi connectivity index (χ1) is 15.0. The Bertz CT molecular complexity index is 1100. The zero-order valence-corrected chi connectivity index (χ0v) is 19.4. The molecule has 5 rings (SSSR count). The number of amidine groups is 1. The van der Waals surface area contributed by atoms with Gasteiger partial charge in [0.05, 0.1) is 16.8 Å². The summed E-state index contributed by atoms with van der Waals surface area (Å²) < 4.78 is 0. The molecular formula is C21H22N6OS3. The summed E-state index contributed by atoms with van der Waals surface area (Å²) in [5.74, 6) is 2.16. The van der Waals surface area contributed by atoms with Crippen LogP contribution in [0.3, 0.4) is 0 Å². The fourth-order valence-electron chi connectivity index (χ4n) is 3.98. The summed E-state index contributed by atoms with van der Waals surface area (Å²) in [5, 5.41) is 18.0. The third-order valence-corrected chi connectivity index (χ3v) is 8.36. The second kappa shape index (κ2) is 8.42. The maximum absolute atomic E-state index is 12.9. The summed E-state index contributed by atoms with van der Waals surface area (Å²) in [6.45, 7) is 4.54. The highest BCUT2D eigenvalue weighted by Gasteiger charge is 2.35. The highest BCUT2D eigenvalue weighted by Crippen LogP contribution is 2.37. The molecule has 0 radical (unpaired) electrons. The molecule has 2 aromatic rings. The molecular weight excluding hydrogens is 448 g/mol. The minimum Gasteiger partial charge on any atom is -0.293 e. The Kier molecular flexibility index (Phi) is 5.63. The number of H-pyrrole nitrogens is 1. The molecule has 0 aromatic carbocycles.